The van der Waals surface area contributed by atoms with Crippen LogP contribution in [0.4, 0.5) is 0 Å². The van der Waals surface area contributed by atoms with Crippen LogP contribution in [0.25, 0.3) is 0 Å². The van der Waals surface area contributed by atoms with Gasteiger partial charge in [-0.25, -0.2) is 13.1 Å². The van der Waals surface area contributed by atoms with Crippen molar-refractivity contribution in [3.63, 3.8) is 0 Å². The molecule has 0 unspecified atom stereocenters. The minimum absolute atomic E-state index is 0.0446. The average molecular weight is 356 g/mol. The van der Waals surface area contributed by atoms with Gasteiger partial charge in [0.2, 0.25) is 10.0 Å². The van der Waals surface area contributed by atoms with Gasteiger partial charge >= 0.3 is 0 Å². The van der Waals surface area contributed by atoms with E-state index in [1.165, 1.54) is 12.1 Å². The summed E-state index contributed by atoms with van der Waals surface area (Å²) in [5, 5.41) is 14.0. The zero-order valence-corrected chi connectivity index (χ0v) is 14.1. The van der Waals surface area contributed by atoms with E-state index in [2.05, 4.69) is 9.82 Å². The first-order valence-corrected chi connectivity index (χ1v) is 9.16. The summed E-state index contributed by atoms with van der Waals surface area (Å²) in [6.07, 6.45) is 4.20. The maximum atomic E-state index is 12.6. The Kier molecular flexibility index (Phi) is 4.46. The number of aliphatic hydroxyl groups excluding tert-OH is 1. The molecule has 0 saturated heterocycles. The zero-order chi connectivity index (χ0) is 16.6. The molecule has 1 aromatic carbocycles. The fraction of sp³-hybridized carbons (Fsp3) is 0.400. The van der Waals surface area contributed by atoms with Crippen molar-refractivity contribution < 1.29 is 13.5 Å². The molecular weight excluding hydrogens is 338 g/mol. The molecule has 1 atom stereocenters. The first kappa shape index (κ1) is 16.4. The minimum Gasteiger partial charge on any atom is -0.393 e. The third-order valence-corrected chi connectivity index (χ3v) is 5.77. The molecule has 2 N–H and O–H groups in total. The smallest absolute Gasteiger partial charge is 0.241 e. The zero-order valence-electron chi connectivity index (χ0n) is 12.6. The van der Waals surface area contributed by atoms with Crippen LogP contribution < -0.4 is 4.72 Å². The van der Waals surface area contributed by atoms with E-state index < -0.39 is 16.1 Å². The van der Waals surface area contributed by atoms with E-state index in [4.69, 9.17) is 11.6 Å². The number of aromatic nitrogens is 2. The molecule has 6 nitrogen and oxygen atoms in total. The highest BCUT2D eigenvalue weighted by Crippen LogP contribution is 2.38. The molecule has 3 rings (SSSR count). The van der Waals surface area contributed by atoms with E-state index in [0.717, 1.165) is 5.56 Å². The molecule has 2 aromatic rings. The second-order valence-corrected chi connectivity index (χ2v) is 8.04. The summed E-state index contributed by atoms with van der Waals surface area (Å²) < 4.78 is 29.7. The van der Waals surface area contributed by atoms with E-state index in [1.54, 1.807) is 36.3 Å². The van der Waals surface area contributed by atoms with Gasteiger partial charge in [-0.05, 0) is 37.0 Å². The SMILES string of the molecule is Cn1cc([C@H](NS(=O)(=O)c2cccc(Cl)c2)C2CC(O)C2)cn1. The molecule has 1 aliphatic carbocycles. The van der Waals surface area contributed by atoms with Gasteiger partial charge in [0.05, 0.1) is 23.2 Å². The Morgan fingerprint density at radius 3 is 2.74 bits per heavy atom. The minimum atomic E-state index is -3.71. The molecular formula is C15H18ClN3O3S. The van der Waals surface area contributed by atoms with Crippen molar-refractivity contribution in [3.05, 3.63) is 47.2 Å². The summed E-state index contributed by atoms with van der Waals surface area (Å²) in [6.45, 7) is 0. The summed E-state index contributed by atoms with van der Waals surface area (Å²) >= 11 is 5.89. The fourth-order valence-electron chi connectivity index (χ4n) is 2.81. The summed E-state index contributed by atoms with van der Waals surface area (Å²) in [4.78, 5) is 0.124. The van der Waals surface area contributed by atoms with Crippen molar-refractivity contribution in [2.24, 2.45) is 13.0 Å². The normalized spacial score (nSPS) is 22.6. The Bertz CT molecular complexity index is 800. The van der Waals surface area contributed by atoms with Gasteiger partial charge in [0.15, 0.2) is 0 Å². The number of benzene rings is 1. The second-order valence-electron chi connectivity index (χ2n) is 5.89. The highest BCUT2D eigenvalue weighted by Gasteiger charge is 2.37. The molecule has 1 heterocycles. The molecule has 23 heavy (non-hydrogen) atoms. The van der Waals surface area contributed by atoms with E-state index in [9.17, 15) is 13.5 Å². The van der Waals surface area contributed by atoms with Gasteiger partial charge in [0.25, 0.3) is 0 Å². The lowest BCUT2D eigenvalue weighted by Crippen LogP contribution is -2.41. The molecule has 0 aliphatic heterocycles. The Hall–Kier alpha value is -1.41. The van der Waals surface area contributed by atoms with Crippen LogP contribution in [-0.4, -0.2) is 29.4 Å². The number of nitrogens with one attached hydrogen (secondary N) is 1. The highest BCUT2D eigenvalue weighted by atomic mass is 35.5. The molecule has 124 valence electrons. The standard InChI is InChI=1S/C15H18ClN3O3S/c1-19-9-11(8-17-19)15(10-5-13(20)6-10)18-23(21,22)14-4-2-3-12(16)7-14/h2-4,7-10,13,15,18,20H,5-6H2,1H3/t10?,13?,15-/m1/s1. The van der Waals surface area contributed by atoms with Gasteiger partial charge in [-0.15, -0.1) is 0 Å². The van der Waals surface area contributed by atoms with Crippen molar-refractivity contribution >= 4 is 21.6 Å². The molecule has 1 aliphatic rings. The third-order valence-electron chi connectivity index (χ3n) is 4.09. The Morgan fingerprint density at radius 2 is 2.17 bits per heavy atom. The number of aryl methyl sites for hydroxylation is 1. The number of hydrogen-bond donors (Lipinski definition) is 2. The number of rotatable bonds is 5. The fourth-order valence-corrected chi connectivity index (χ4v) is 4.40. The number of halogens is 1. The predicted molar refractivity (Wildman–Crippen MR) is 86.5 cm³/mol. The summed E-state index contributed by atoms with van der Waals surface area (Å²) in [5.74, 6) is 0.0446. The summed E-state index contributed by atoms with van der Waals surface area (Å²) in [7, 11) is -1.93. The highest BCUT2D eigenvalue weighted by molar-refractivity contribution is 7.89. The maximum Gasteiger partial charge on any atom is 0.241 e. The van der Waals surface area contributed by atoms with E-state index in [0.29, 0.717) is 17.9 Å². The van der Waals surface area contributed by atoms with Crippen LogP contribution >= 0.6 is 11.6 Å². The Labute approximate surface area is 140 Å². The van der Waals surface area contributed by atoms with Crippen molar-refractivity contribution in [2.45, 2.75) is 29.9 Å². The average Bonchev–Trinajstić information content (AvgIpc) is 2.88. The van der Waals surface area contributed by atoms with E-state index >= 15 is 0 Å². The topological polar surface area (TPSA) is 84.2 Å². The Morgan fingerprint density at radius 1 is 1.43 bits per heavy atom. The molecule has 1 aromatic heterocycles. The lowest BCUT2D eigenvalue weighted by Gasteiger charge is -2.37. The number of sulfonamides is 1. The van der Waals surface area contributed by atoms with Crippen LogP contribution in [-0.2, 0) is 17.1 Å². The van der Waals surface area contributed by atoms with Gasteiger partial charge in [0.1, 0.15) is 0 Å². The van der Waals surface area contributed by atoms with Gasteiger partial charge in [0, 0.05) is 23.8 Å². The number of hydrogen-bond acceptors (Lipinski definition) is 4. The van der Waals surface area contributed by atoms with Crippen molar-refractivity contribution in [1.82, 2.24) is 14.5 Å². The van der Waals surface area contributed by atoms with Crippen molar-refractivity contribution in [2.75, 3.05) is 0 Å². The number of aliphatic hydroxyl groups is 1. The number of nitrogens with zero attached hydrogens (tertiary/aromatic N) is 2. The second kappa shape index (κ2) is 6.24. The monoisotopic (exact) mass is 355 g/mol. The quantitative estimate of drug-likeness (QED) is 0.857. The molecule has 1 saturated carbocycles. The van der Waals surface area contributed by atoms with Gasteiger partial charge in [-0.1, -0.05) is 17.7 Å². The van der Waals surface area contributed by atoms with Gasteiger partial charge in [-0.2, -0.15) is 5.10 Å². The Balaban J connectivity index is 1.89. The van der Waals surface area contributed by atoms with Crippen LogP contribution in [0.15, 0.2) is 41.6 Å². The third kappa shape index (κ3) is 3.58. The first-order chi connectivity index (χ1) is 10.8. The van der Waals surface area contributed by atoms with E-state index in [-0.39, 0.29) is 16.9 Å². The lowest BCUT2D eigenvalue weighted by molar-refractivity contribution is 0.0280. The lowest BCUT2D eigenvalue weighted by atomic mass is 9.76. The molecule has 0 radical (unpaired) electrons. The van der Waals surface area contributed by atoms with Crippen molar-refractivity contribution in [3.8, 4) is 0 Å². The molecule has 1 fully saturated rings. The van der Waals surface area contributed by atoms with Crippen LogP contribution in [0.2, 0.25) is 5.02 Å². The van der Waals surface area contributed by atoms with E-state index in [1.807, 2.05) is 0 Å². The maximum absolute atomic E-state index is 12.6. The van der Waals surface area contributed by atoms with Crippen molar-refractivity contribution in [1.29, 1.82) is 0 Å². The summed E-state index contributed by atoms with van der Waals surface area (Å²) in [5.41, 5.74) is 0.787. The molecule has 0 amide bonds. The van der Waals surface area contributed by atoms with Crippen LogP contribution in [0.3, 0.4) is 0 Å². The van der Waals surface area contributed by atoms with Gasteiger partial charge < -0.3 is 5.11 Å². The summed E-state index contributed by atoms with van der Waals surface area (Å²) in [6, 6.07) is 5.73. The molecule has 0 spiro atoms. The predicted octanol–water partition coefficient (Wildman–Crippen LogP) is 1.86. The largest absolute Gasteiger partial charge is 0.393 e. The van der Waals surface area contributed by atoms with Crippen LogP contribution in [0.5, 0.6) is 0 Å². The first-order valence-electron chi connectivity index (χ1n) is 7.29. The molecule has 8 heteroatoms. The molecule has 0 bridgehead atoms. The van der Waals surface area contributed by atoms with Crippen LogP contribution in [0.1, 0.15) is 24.4 Å². The van der Waals surface area contributed by atoms with Gasteiger partial charge in [-0.3, -0.25) is 4.68 Å². The van der Waals surface area contributed by atoms with Crippen LogP contribution in [0, 0.1) is 5.92 Å².